The molecule has 0 fully saturated rings. The number of aryl methyl sites for hydroxylation is 1. The van der Waals surface area contributed by atoms with Crippen molar-refractivity contribution in [3.8, 4) is 0 Å². The molecule has 0 saturated heterocycles. The molecule has 0 heterocycles. The van der Waals surface area contributed by atoms with Crippen LogP contribution in [-0.2, 0) is 9.53 Å². The summed E-state index contributed by atoms with van der Waals surface area (Å²) in [4.78, 5) is 11.2. The van der Waals surface area contributed by atoms with Crippen LogP contribution in [-0.4, -0.2) is 19.1 Å². The van der Waals surface area contributed by atoms with Crippen molar-refractivity contribution in [2.24, 2.45) is 5.73 Å². The molecule has 0 aliphatic heterocycles. The van der Waals surface area contributed by atoms with E-state index in [0.29, 0.717) is 0 Å². The number of hydrogen-bond donors (Lipinski definition) is 1. The molecule has 15 heavy (non-hydrogen) atoms. The second kappa shape index (κ2) is 5.14. The summed E-state index contributed by atoms with van der Waals surface area (Å²) in [7, 11) is 1.30. The number of methoxy groups -OCH3 is 1. The van der Waals surface area contributed by atoms with Crippen molar-refractivity contribution in [2.75, 3.05) is 7.11 Å². The summed E-state index contributed by atoms with van der Waals surface area (Å²) in [5, 5.41) is -0.557. The van der Waals surface area contributed by atoms with Crippen LogP contribution in [0.2, 0.25) is 0 Å². The van der Waals surface area contributed by atoms with Crippen molar-refractivity contribution >= 4 is 17.6 Å². The molecular weight excluding hydrogens is 214 g/mol. The maximum atomic E-state index is 11.2. The van der Waals surface area contributed by atoms with Crippen LogP contribution in [0.4, 0.5) is 0 Å². The van der Waals surface area contributed by atoms with Gasteiger partial charge in [0.1, 0.15) is 6.04 Å². The van der Waals surface area contributed by atoms with Crippen molar-refractivity contribution in [3.05, 3.63) is 35.4 Å². The highest BCUT2D eigenvalue weighted by Gasteiger charge is 2.25. The minimum absolute atomic E-state index is 0.502. The van der Waals surface area contributed by atoms with Crippen LogP contribution in [0.15, 0.2) is 24.3 Å². The molecule has 4 heteroatoms. The van der Waals surface area contributed by atoms with Gasteiger partial charge in [0.15, 0.2) is 0 Å². The van der Waals surface area contributed by atoms with Crippen molar-refractivity contribution in [2.45, 2.75) is 18.3 Å². The lowest BCUT2D eigenvalue weighted by Crippen LogP contribution is -2.35. The number of hydrogen-bond acceptors (Lipinski definition) is 3. The first-order chi connectivity index (χ1) is 7.07. The molecule has 1 aromatic carbocycles. The van der Waals surface area contributed by atoms with Crippen molar-refractivity contribution in [1.29, 1.82) is 0 Å². The van der Waals surface area contributed by atoms with E-state index in [4.69, 9.17) is 17.3 Å². The van der Waals surface area contributed by atoms with Gasteiger partial charge < -0.3 is 10.5 Å². The molecule has 0 radical (unpaired) electrons. The molecule has 0 unspecified atom stereocenters. The number of rotatable bonds is 3. The minimum Gasteiger partial charge on any atom is -0.468 e. The van der Waals surface area contributed by atoms with Crippen molar-refractivity contribution in [1.82, 2.24) is 0 Å². The van der Waals surface area contributed by atoms with Crippen LogP contribution < -0.4 is 5.73 Å². The Balaban J connectivity index is 2.89. The second-order valence-corrected chi connectivity index (χ2v) is 3.78. The smallest absolute Gasteiger partial charge is 0.324 e. The number of esters is 1. The fourth-order valence-electron chi connectivity index (χ4n) is 1.35. The van der Waals surface area contributed by atoms with E-state index in [1.807, 2.05) is 31.2 Å². The first kappa shape index (κ1) is 12.0. The maximum absolute atomic E-state index is 11.2. The van der Waals surface area contributed by atoms with Gasteiger partial charge in [-0.05, 0) is 18.1 Å². The van der Waals surface area contributed by atoms with Gasteiger partial charge in [0.05, 0.1) is 12.5 Å². The lowest BCUT2D eigenvalue weighted by Gasteiger charge is -2.17. The second-order valence-electron chi connectivity index (χ2n) is 3.31. The highest BCUT2D eigenvalue weighted by molar-refractivity contribution is 6.22. The first-order valence-corrected chi connectivity index (χ1v) is 5.04. The molecule has 0 aliphatic carbocycles. The number of nitrogens with two attached hydrogens (primary N) is 1. The van der Waals surface area contributed by atoms with Gasteiger partial charge in [-0.15, -0.1) is 11.6 Å². The average molecular weight is 228 g/mol. The summed E-state index contributed by atoms with van der Waals surface area (Å²) in [6, 6.07) is 6.72. The van der Waals surface area contributed by atoms with E-state index in [1.165, 1.54) is 7.11 Å². The highest BCUT2D eigenvalue weighted by Crippen LogP contribution is 2.26. The molecule has 1 rings (SSSR count). The van der Waals surface area contributed by atoms with Gasteiger partial charge in [-0.3, -0.25) is 4.79 Å². The molecule has 0 spiro atoms. The molecule has 0 amide bonds. The minimum atomic E-state index is -0.835. The molecule has 82 valence electrons. The van der Waals surface area contributed by atoms with E-state index in [1.54, 1.807) is 0 Å². The third-order valence-corrected chi connectivity index (χ3v) is 2.78. The van der Waals surface area contributed by atoms with Gasteiger partial charge in [-0.1, -0.05) is 24.3 Å². The zero-order valence-corrected chi connectivity index (χ0v) is 9.49. The monoisotopic (exact) mass is 227 g/mol. The van der Waals surface area contributed by atoms with Crippen LogP contribution in [0.25, 0.3) is 0 Å². The molecule has 0 aliphatic rings. The molecule has 0 aromatic heterocycles. The molecule has 2 atom stereocenters. The van der Waals surface area contributed by atoms with E-state index in [-0.39, 0.29) is 0 Å². The average Bonchev–Trinajstić information content (AvgIpc) is 2.26. The standard InChI is InChI=1S/C11H14ClNO2/c1-7-5-3-4-6-8(7)9(12)10(13)11(14)15-2/h3-6,9-10H,13H2,1-2H3/t9-,10-/m1/s1. The summed E-state index contributed by atoms with van der Waals surface area (Å²) < 4.78 is 4.55. The largest absolute Gasteiger partial charge is 0.468 e. The van der Waals surface area contributed by atoms with Gasteiger partial charge in [-0.25, -0.2) is 0 Å². The Hall–Kier alpha value is -1.06. The van der Waals surface area contributed by atoms with E-state index in [2.05, 4.69) is 4.74 Å². The van der Waals surface area contributed by atoms with E-state index < -0.39 is 17.4 Å². The van der Waals surface area contributed by atoms with Crippen LogP contribution in [0, 0.1) is 6.92 Å². The quantitative estimate of drug-likeness (QED) is 0.633. The predicted octanol–water partition coefficient (Wildman–Crippen LogP) is 1.78. The van der Waals surface area contributed by atoms with E-state index in [0.717, 1.165) is 11.1 Å². The highest BCUT2D eigenvalue weighted by atomic mass is 35.5. The third-order valence-electron chi connectivity index (χ3n) is 2.27. The Morgan fingerprint density at radius 2 is 2.07 bits per heavy atom. The lowest BCUT2D eigenvalue weighted by atomic mass is 10.0. The predicted molar refractivity (Wildman–Crippen MR) is 59.8 cm³/mol. The van der Waals surface area contributed by atoms with Gasteiger partial charge in [0.25, 0.3) is 0 Å². The summed E-state index contributed by atoms with van der Waals surface area (Å²) in [6.45, 7) is 1.93. The van der Waals surface area contributed by atoms with Crippen LogP contribution >= 0.6 is 11.6 Å². The molecule has 0 bridgehead atoms. The van der Waals surface area contributed by atoms with Gasteiger partial charge >= 0.3 is 5.97 Å². The third kappa shape index (κ3) is 2.70. The number of carbonyl (C=O) groups excluding carboxylic acids is 1. The molecular formula is C11H14ClNO2. The Morgan fingerprint density at radius 1 is 1.47 bits per heavy atom. The number of benzene rings is 1. The molecule has 2 N–H and O–H groups in total. The topological polar surface area (TPSA) is 52.3 Å². The van der Waals surface area contributed by atoms with Gasteiger partial charge in [0, 0.05) is 0 Å². The Labute approximate surface area is 94.2 Å². The van der Waals surface area contributed by atoms with E-state index >= 15 is 0 Å². The SMILES string of the molecule is COC(=O)[C@H](N)[C@H](Cl)c1ccccc1C. The normalized spacial score (nSPS) is 14.4. The van der Waals surface area contributed by atoms with Gasteiger partial charge in [0.2, 0.25) is 0 Å². The molecule has 0 saturated carbocycles. The summed E-state index contributed by atoms with van der Waals surface area (Å²) in [5.41, 5.74) is 7.54. The fraction of sp³-hybridized carbons (Fsp3) is 0.364. The van der Waals surface area contributed by atoms with Crippen LogP contribution in [0.3, 0.4) is 0 Å². The van der Waals surface area contributed by atoms with Crippen LogP contribution in [0.1, 0.15) is 16.5 Å². The van der Waals surface area contributed by atoms with Crippen LogP contribution in [0.5, 0.6) is 0 Å². The lowest BCUT2D eigenvalue weighted by molar-refractivity contribution is -0.142. The summed E-state index contributed by atoms with van der Waals surface area (Å²) in [6.07, 6.45) is 0. The Morgan fingerprint density at radius 3 is 2.60 bits per heavy atom. The molecule has 3 nitrogen and oxygen atoms in total. The fourth-order valence-corrected chi connectivity index (χ4v) is 1.69. The zero-order chi connectivity index (χ0) is 11.4. The zero-order valence-electron chi connectivity index (χ0n) is 8.74. The van der Waals surface area contributed by atoms with Crippen molar-refractivity contribution in [3.63, 3.8) is 0 Å². The summed E-state index contributed by atoms with van der Waals surface area (Å²) >= 11 is 6.11. The number of halogens is 1. The summed E-state index contributed by atoms with van der Waals surface area (Å²) in [5.74, 6) is -0.502. The van der Waals surface area contributed by atoms with Crippen molar-refractivity contribution < 1.29 is 9.53 Å². The molecule has 1 aromatic rings. The first-order valence-electron chi connectivity index (χ1n) is 4.61. The number of carbonyl (C=O) groups is 1. The number of ether oxygens (including phenoxy) is 1. The van der Waals surface area contributed by atoms with Gasteiger partial charge in [-0.2, -0.15) is 0 Å². The van der Waals surface area contributed by atoms with E-state index in [9.17, 15) is 4.79 Å². The number of alkyl halides is 1. The Kier molecular flexibility index (Phi) is 4.12. The Bertz CT molecular complexity index is 354. The maximum Gasteiger partial charge on any atom is 0.324 e.